The molecule has 1 aromatic carbocycles. The van der Waals surface area contributed by atoms with Crippen LogP contribution in [0.3, 0.4) is 0 Å². The minimum atomic E-state index is 0.0827. The molecule has 0 spiro atoms. The first-order valence-electron chi connectivity index (χ1n) is 4.13. The Bertz CT molecular complexity index is 263. The van der Waals surface area contributed by atoms with E-state index in [1.807, 2.05) is 31.2 Å². The largest absolute Gasteiger partial charge is 0.488 e. The lowest BCUT2D eigenvalue weighted by molar-refractivity contribution is 0.0920. The first kappa shape index (κ1) is 10.5. The third-order valence-corrected chi connectivity index (χ3v) is 2.03. The van der Waals surface area contributed by atoms with Gasteiger partial charge in [-0.25, -0.2) is 0 Å². The molecular formula is C10H13BrO2. The van der Waals surface area contributed by atoms with Crippen LogP contribution in [-0.2, 0) is 4.74 Å². The average molecular weight is 245 g/mol. The average Bonchev–Trinajstić information content (AvgIpc) is 2.04. The Morgan fingerprint density at radius 1 is 1.46 bits per heavy atom. The number of benzene rings is 1. The topological polar surface area (TPSA) is 18.5 Å². The second-order valence-corrected chi connectivity index (χ2v) is 3.76. The number of ether oxygens (including phenoxy) is 2. The SMILES string of the molecule is COC[C@H](C)Oc1cccc(Br)c1. The molecule has 0 aliphatic carbocycles. The van der Waals surface area contributed by atoms with Gasteiger partial charge in [0.25, 0.3) is 0 Å². The van der Waals surface area contributed by atoms with Crippen molar-refractivity contribution in [3.8, 4) is 5.75 Å². The van der Waals surface area contributed by atoms with Gasteiger partial charge in [0.2, 0.25) is 0 Å². The van der Waals surface area contributed by atoms with Gasteiger partial charge in [-0.2, -0.15) is 0 Å². The maximum absolute atomic E-state index is 5.58. The summed E-state index contributed by atoms with van der Waals surface area (Å²) in [5, 5.41) is 0. The summed E-state index contributed by atoms with van der Waals surface area (Å²) in [5.74, 6) is 0.860. The summed E-state index contributed by atoms with van der Waals surface area (Å²) >= 11 is 3.38. The molecule has 0 radical (unpaired) electrons. The van der Waals surface area contributed by atoms with E-state index in [0.717, 1.165) is 10.2 Å². The van der Waals surface area contributed by atoms with Crippen molar-refractivity contribution in [3.05, 3.63) is 28.7 Å². The molecule has 1 rings (SSSR count). The summed E-state index contributed by atoms with van der Waals surface area (Å²) in [7, 11) is 1.67. The number of halogens is 1. The zero-order valence-corrected chi connectivity index (χ0v) is 9.37. The van der Waals surface area contributed by atoms with Crippen molar-refractivity contribution in [2.45, 2.75) is 13.0 Å². The Kier molecular flexibility index (Phi) is 4.25. The minimum Gasteiger partial charge on any atom is -0.488 e. The third-order valence-electron chi connectivity index (χ3n) is 1.53. The molecular weight excluding hydrogens is 232 g/mol. The molecule has 13 heavy (non-hydrogen) atoms. The van der Waals surface area contributed by atoms with E-state index in [4.69, 9.17) is 9.47 Å². The molecule has 2 nitrogen and oxygen atoms in total. The van der Waals surface area contributed by atoms with E-state index in [1.54, 1.807) is 7.11 Å². The van der Waals surface area contributed by atoms with Crippen LogP contribution in [0.25, 0.3) is 0 Å². The molecule has 3 heteroatoms. The predicted molar refractivity (Wildman–Crippen MR) is 56.1 cm³/mol. The van der Waals surface area contributed by atoms with E-state index < -0.39 is 0 Å². The van der Waals surface area contributed by atoms with Crippen LogP contribution in [-0.4, -0.2) is 19.8 Å². The lowest BCUT2D eigenvalue weighted by Gasteiger charge is -2.13. The third kappa shape index (κ3) is 3.79. The van der Waals surface area contributed by atoms with Crippen molar-refractivity contribution in [3.63, 3.8) is 0 Å². The van der Waals surface area contributed by atoms with Crippen molar-refractivity contribution in [2.75, 3.05) is 13.7 Å². The molecule has 1 aromatic rings. The van der Waals surface area contributed by atoms with Crippen LogP contribution in [0.5, 0.6) is 5.75 Å². The van der Waals surface area contributed by atoms with Crippen LogP contribution in [0.4, 0.5) is 0 Å². The van der Waals surface area contributed by atoms with Crippen LogP contribution in [0.15, 0.2) is 28.7 Å². The standard InChI is InChI=1S/C10H13BrO2/c1-8(7-12-2)13-10-5-3-4-9(11)6-10/h3-6,8H,7H2,1-2H3/t8-/m0/s1. The smallest absolute Gasteiger partial charge is 0.120 e. The fourth-order valence-electron chi connectivity index (χ4n) is 1.04. The van der Waals surface area contributed by atoms with Crippen LogP contribution >= 0.6 is 15.9 Å². The first-order valence-corrected chi connectivity index (χ1v) is 4.93. The Hall–Kier alpha value is -0.540. The Labute approximate surface area is 87.0 Å². The van der Waals surface area contributed by atoms with Crippen LogP contribution in [0, 0.1) is 0 Å². The Balaban J connectivity index is 2.53. The molecule has 0 saturated heterocycles. The van der Waals surface area contributed by atoms with Gasteiger partial charge in [-0.1, -0.05) is 22.0 Å². The van der Waals surface area contributed by atoms with Gasteiger partial charge in [0.15, 0.2) is 0 Å². The summed E-state index contributed by atoms with van der Waals surface area (Å²) in [6.45, 7) is 2.58. The Morgan fingerprint density at radius 3 is 2.85 bits per heavy atom. The summed E-state index contributed by atoms with van der Waals surface area (Å²) in [6.07, 6.45) is 0.0827. The fourth-order valence-corrected chi connectivity index (χ4v) is 1.42. The van der Waals surface area contributed by atoms with Gasteiger partial charge >= 0.3 is 0 Å². The number of methoxy groups -OCH3 is 1. The molecule has 0 aliphatic rings. The monoisotopic (exact) mass is 244 g/mol. The molecule has 0 heterocycles. The van der Waals surface area contributed by atoms with Crippen LogP contribution in [0.2, 0.25) is 0 Å². The van der Waals surface area contributed by atoms with E-state index in [1.165, 1.54) is 0 Å². The predicted octanol–water partition coefficient (Wildman–Crippen LogP) is 2.86. The molecule has 0 unspecified atom stereocenters. The lowest BCUT2D eigenvalue weighted by atomic mass is 10.3. The van der Waals surface area contributed by atoms with Gasteiger partial charge in [0.1, 0.15) is 11.9 Å². The van der Waals surface area contributed by atoms with Crippen molar-refractivity contribution >= 4 is 15.9 Å². The molecule has 0 N–H and O–H groups in total. The maximum Gasteiger partial charge on any atom is 0.120 e. The number of rotatable bonds is 4. The van der Waals surface area contributed by atoms with Gasteiger partial charge in [0.05, 0.1) is 6.61 Å². The van der Waals surface area contributed by atoms with Crippen molar-refractivity contribution in [2.24, 2.45) is 0 Å². The zero-order chi connectivity index (χ0) is 9.68. The number of hydrogen-bond donors (Lipinski definition) is 0. The highest BCUT2D eigenvalue weighted by atomic mass is 79.9. The van der Waals surface area contributed by atoms with Crippen molar-refractivity contribution in [1.82, 2.24) is 0 Å². The molecule has 1 atom stereocenters. The van der Waals surface area contributed by atoms with E-state index in [0.29, 0.717) is 6.61 Å². The van der Waals surface area contributed by atoms with Crippen molar-refractivity contribution in [1.29, 1.82) is 0 Å². The molecule has 0 aromatic heterocycles. The maximum atomic E-state index is 5.58. The van der Waals surface area contributed by atoms with E-state index >= 15 is 0 Å². The van der Waals surface area contributed by atoms with Crippen LogP contribution in [0.1, 0.15) is 6.92 Å². The van der Waals surface area contributed by atoms with Gasteiger partial charge in [-0.3, -0.25) is 0 Å². The van der Waals surface area contributed by atoms with Crippen LogP contribution < -0.4 is 4.74 Å². The second-order valence-electron chi connectivity index (χ2n) is 2.84. The highest BCUT2D eigenvalue weighted by Crippen LogP contribution is 2.18. The second kappa shape index (κ2) is 5.25. The molecule has 0 aliphatic heterocycles. The summed E-state index contributed by atoms with van der Waals surface area (Å²) in [5.41, 5.74) is 0. The van der Waals surface area contributed by atoms with E-state index in [-0.39, 0.29) is 6.10 Å². The van der Waals surface area contributed by atoms with Crippen molar-refractivity contribution < 1.29 is 9.47 Å². The molecule has 0 fully saturated rings. The quantitative estimate of drug-likeness (QED) is 0.812. The van der Waals surface area contributed by atoms with Gasteiger partial charge in [-0.15, -0.1) is 0 Å². The molecule has 0 amide bonds. The fraction of sp³-hybridized carbons (Fsp3) is 0.400. The van der Waals surface area contributed by atoms with Gasteiger partial charge in [-0.05, 0) is 25.1 Å². The van der Waals surface area contributed by atoms with Gasteiger partial charge < -0.3 is 9.47 Å². The van der Waals surface area contributed by atoms with E-state index in [9.17, 15) is 0 Å². The summed E-state index contributed by atoms with van der Waals surface area (Å²) in [6, 6.07) is 7.77. The van der Waals surface area contributed by atoms with Gasteiger partial charge in [0, 0.05) is 11.6 Å². The summed E-state index contributed by atoms with van der Waals surface area (Å²) < 4.78 is 11.6. The number of hydrogen-bond acceptors (Lipinski definition) is 2. The Morgan fingerprint density at radius 2 is 2.23 bits per heavy atom. The molecule has 0 bridgehead atoms. The molecule has 72 valence electrons. The normalized spacial score (nSPS) is 12.5. The molecule has 0 saturated carbocycles. The highest BCUT2D eigenvalue weighted by molar-refractivity contribution is 9.10. The zero-order valence-electron chi connectivity index (χ0n) is 7.79. The summed E-state index contributed by atoms with van der Waals surface area (Å²) in [4.78, 5) is 0. The lowest BCUT2D eigenvalue weighted by Crippen LogP contribution is -2.17. The highest BCUT2D eigenvalue weighted by Gasteiger charge is 2.02. The first-order chi connectivity index (χ1) is 6.22. The minimum absolute atomic E-state index is 0.0827. The van der Waals surface area contributed by atoms with E-state index in [2.05, 4.69) is 15.9 Å².